The number of nitrogens with zero attached hydrogens (tertiary/aromatic N) is 3. The van der Waals surface area contributed by atoms with Crippen LogP contribution in [0.5, 0.6) is 0 Å². The summed E-state index contributed by atoms with van der Waals surface area (Å²) in [4.78, 5) is 13.8. The van der Waals surface area contributed by atoms with Gasteiger partial charge in [0.05, 0.1) is 29.3 Å². The number of carbonyl (C=O) groups is 1. The average Bonchev–Trinajstić information content (AvgIpc) is 3.07. The molecule has 1 aromatic rings. The van der Waals surface area contributed by atoms with Crippen LogP contribution in [0.15, 0.2) is 39.5 Å². The molecular formula is C20H24N4O4. The van der Waals surface area contributed by atoms with Crippen molar-refractivity contribution in [3.63, 3.8) is 0 Å². The van der Waals surface area contributed by atoms with Crippen LogP contribution in [-0.4, -0.2) is 47.8 Å². The Morgan fingerprint density at radius 2 is 2.04 bits per heavy atom. The normalized spacial score (nSPS) is 23.4. The maximum absolute atomic E-state index is 11.8. The van der Waals surface area contributed by atoms with E-state index in [9.17, 15) is 20.4 Å². The standard InChI is InChI=1S/C18H18N4O3.C2H6O/c1-10-3-4-13(25-10)15-12-7-22(2)6-5-11(12)14(17(23)24)16(21)18(15,8-19)9-20;1-2-3/h3-5,12,15H,6-7,21H2,1-2H3,(H,23,24);3H,2H2,1H3/t12-,15-;/m0./s1. The lowest BCUT2D eigenvalue weighted by Gasteiger charge is -2.44. The zero-order valence-corrected chi connectivity index (χ0v) is 16.1. The predicted octanol–water partition coefficient (Wildman–Crippen LogP) is 1.50. The van der Waals surface area contributed by atoms with Crippen molar-refractivity contribution >= 4 is 5.97 Å². The van der Waals surface area contributed by atoms with Crippen molar-refractivity contribution in [2.75, 3.05) is 26.7 Å². The summed E-state index contributed by atoms with van der Waals surface area (Å²) in [7, 11) is 1.90. The summed E-state index contributed by atoms with van der Waals surface area (Å²) in [6.45, 7) is 4.79. The van der Waals surface area contributed by atoms with Gasteiger partial charge in [0.1, 0.15) is 11.5 Å². The molecule has 4 N–H and O–H groups in total. The highest BCUT2D eigenvalue weighted by molar-refractivity contribution is 5.94. The van der Waals surface area contributed by atoms with Crippen LogP contribution < -0.4 is 5.73 Å². The highest BCUT2D eigenvalue weighted by Crippen LogP contribution is 2.54. The van der Waals surface area contributed by atoms with Crippen molar-refractivity contribution < 1.29 is 19.4 Å². The number of carboxylic acids is 1. The van der Waals surface area contributed by atoms with E-state index in [4.69, 9.17) is 15.3 Å². The van der Waals surface area contributed by atoms with Crippen molar-refractivity contribution in [2.45, 2.75) is 19.8 Å². The minimum Gasteiger partial charge on any atom is -0.478 e. The van der Waals surface area contributed by atoms with Gasteiger partial charge in [-0.3, -0.25) is 0 Å². The molecule has 0 bridgehead atoms. The number of fused-ring (bicyclic) bond motifs is 1. The van der Waals surface area contributed by atoms with Gasteiger partial charge in [0.2, 0.25) is 0 Å². The number of likely N-dealkylation sites (N-methyl/N-ethyl adjacent to an activating group) is 1. The minimum absolute atomic E-state index is 0.124. The second-order valence-corrected chi connectivity index (χ2v) is 6.85. The first kappa shape index (κ1) is 21.2. The summed E-state index contributed by atoms with van der Waals surface area (Å²) in [6.07, 6.45) is 1.81. The number of carboxylic acid groups (broad SMARTS) is 1. The zero-order valence-electron chi connectivity index (χ0n) is 16.1. The van der Waals surface area contributed by atoms with Crippen LogP contribution in [0, 0.1) is 40.9 Å². The summed E-state index contributed by atoms with van der Waals surface area (Å²) < 4.78 is 5.74. The molecule has 0 fully saturated rings. The van der Waals surface area contributed by atoms with Gasteiger partial charge in [-0.05, 0) is 38.6 Å². The van der Waals surface area contributed by atoms with Crippen molar-refractivity contribution in [1.29, 1.82) is 10.5 Å². The summed E-state index contributed by atoms with van der Waals surface area (Å²) in [5, 5.41) is 36.9. The summed E-state index contributed by atoms with van der Waals surface area (Å²) in [5.41, 5.74) is 4.56. The lowest BCUT2D eigenvalue weighted by Crippen LogP contribution is -2.48. The fraction of sp³-hybridized carbons (Fsp3) is 0.450. The largest absolute Gasteiger partial charge is 0.478 e. The first-order valence-corrected chi connectivity index (χ1v) is 8.89. The molecule has 1 aliphatic heterocycles. The maximum atomic E-state index is 11.8. The Morgan fingerprint density at radius 1 is 1.43 bits per heavy atom. The molecule has 8 nitrogen and oxygen atoms in total. The topological polar surface area (TPSA) is 148 Å². The first-order valence-electron chi connectivity index (χ1n) is 8.89. The molecule has 0 aromatic carbocycles. The van der Waals surface area contributed by atoms with E-state index >= 15 is 0 Å². The van der Waals surface area contributed by atoms with Gasteiger partial charge in [-0.25, -0.2) is 4.79 Å². The smallest absolute Gasteiger partial charge is 0.337 e. The monoisotopic (exact) mass is 384 g/mol. The second kappa shape index (κ2) is 8.30. The van der Waals surface area contributed by atoms with E-state index in [2.05, 4.69) is 0 Å². The number of rotatable bonds is 2. The van der Waals surface area contributed by atoms with Crippen LogP contribution in [0.25, 0.3) is 0 Å². The maximum Gasteiger partial charge on any atom is 0.337 e. The number of aliphatic hydroxyl groups is 1. The Balaban J connectivity index is 0.000000878. The van der Waals surface area contributed by atoms with Gasteiger partial charge in [0.25, 0.3) is 0 Å². The van der Waals surface area contributed by atoms with E-state index in [0.29, 0.717) is 30.2 Å². The van der Waals surface area contributed by atoms with Crippen LogP contribution in [0.2, 0.25) is 0 Å². The minimum atomic E-state index is -1.79. The van der Waals surface area contributed by atoms with Crippen LogP contribution >= 0.6 is 0 Å². The van der Waals surface area contributed by atoms with Crippen molar-refractivity contribution in [1.82, 2.24) is 4.90 Å². The van der Waals surface area contributed by atoms with Gasteiger partial charge in [-0.15, -0.1) is 0 Å². The third kappa shape index (κ3) is 3.40. The Kier molecular flexibility index (Phi) is 6.30. The number of aryl methyl sites for hydroxylation is 1. The number of aliphatic hydroxyl groups excluding tert-OH is 1. The molecule has 148 valence electrons. The average molecular weight is 384 g/mol. The number of nitriles is 2. The third-order valence-corrected chi connectivity index (χ3v) is 5.02. The molecule has 28 heavy (non-hydrogen) atoms. The third-order valence-electron chi connectivity index (χ3n) is 5.02. The van der Waals surface area contributed by atoms with Crippen molar-refractivity contribution in [3.05, 3.63) is 46.6 Å². The molecule has 0 unspecified atom stereocenters. The fourth-order valence-electron chi connectivity index (χ4n) is 3.86. The number of nitrogens with two attached hydrogens (primary N) is 1. The van der Waals surface area contributed by atoms with Gasteiger partial charge < -0.3 is 25.3 Å². The number of hydrogen-bond donors (Lipinski definition) is 3. The van der Waals surface area contributed by atoms with Gasteiger partial charge >= 0.3 is 5.97 Å². The van der Waals surface area contributed by atoms with Crippen LogP contribution in [0.4, 0.5) is 0 Å². The lowest BCUT2D eigenvalue weighted by molar-refractivity contribution is -0.132. The first-order chi connectivity index (χ1) is 13.3. The fourth-order valence-corrected chi connectivity index (χ4v) is 3.86. The second-order valence-electron chi connectivity index (χ2n) is 6.85. The summed E-state index contributed by atoms with van der Waals surface area (Å²) in [5.74, 6) is -1.14. The molecule has 8 heteroatoms. The molecule has 0 amide bonds. The number of furan rings is 1. The molecule has 2 atom stereocenters. The van der Waals surface area contributed by atoms with Crippen LogP contribution in [0.3, 0.4) is 0 Å². The molecule has 1 aromatic heterocycles. The van der Waals surface area contributed by atoms with Gasteiger partial charge in [0.15, 0.2) is 5.41 Å². The highest BCUT2D eigenvalue weighted by atomic mass is 16.4. The molecule has 3 rings (SSSR count). The van der Waals surface area contributed by atoms with E-state index in [0.717, 1.165) is 0 Å². The van der Waals surface area contributed by atoms with E-state index in [1.807, 2.05) is 30.2 Å². The molecule has 2 heterocycles. The van der Waals surface area contributed by atoms with E-state index in [1.165, 1.54) is 0 Å². The molecule has 1 aliphatic carbocycles. The van der Waals surface area contributed by atoms with Crippen LogP contribution in [0.1, 0.15) is 24.4 Å². The van der Waals surface area contributed by atoms with E-state index in [-0.39, 0.29) is 23.8 Å². The number of allylic oxidation sites excluding steroid dienone is 1. The molecule has 0 radical (unpaired) electrons. The zero-order chi connectivity index (χ0) is 21.1. The lowest BCUT2D eigenvalue weighted by atomic mass is 9.59. The molecule has 0 saturated heterocycles. The van der Waals surface area contributed by atoms with Gasteiger partial charge in [0, 0.05) is 25.6 Å². The number of hydrogen-bond acceptors (Lipinski definition) is 7. The number of aliphatic carboxylic acids is 1. The summed E-state index contributed by atoms with van der Waals surface area (Å²) >= 11 is 0. The quantitative estimate of drug-likeness (QED) is 0.695. The van der Waals surface area contributed by atoms with Gasteiger partial charge in [-0.2, -0.15) is 10.5 Å². The van der Waals surface area contributed by atoms with Gasteiger partial charge in [-0.1, -0.05) is 6.08 Å². The van der Waals surface area contributed by atoms with Crippen molar-refractivity contribution in [3.8, 4) is 12.1 Å². The SMILES string of the molecule is CCO.Cc1ccc([C@@H]2[C@H]3CN(C)CC=C3C(C(=O)O)=C(N)C2(C#N)C#N)o1. The predicted molar refractivity (Wildman–Crippen MR) is 101 cm³/mol. The molecule has 0 spiro atoms. The van der Waals surface area contributed by atoms with Crippen LogP contribution in [-0.2, 0) is 4.79 Å². The van der Waals surface area contributed by atoms with E-state index in [1.54, 1.807) is 26.0 Å². The summed E-state index contributed by atoms with van der Waals surface area (Å²) in [6, 6.07) is 7.48. The Bertz CT molecular complexity index is 886. The highest BCUT2D eigenvalue weighted by Gasteiger charge is 2.56. The van der Waals surface area contributed by atoms with Crippen molar-refractivity contribution in [2.24, 2.45) is 17.1 Å². The molecule has 0 saturated carbocycles. The Labute approximate surface area is 163 Å². The molecular weight excluding hydrogens is 360 g/mol. The Hall–Kier alpha value is -3.07. The Morgan fingerprint density at radius 3 is 2.50 bits per heavy atom. The molecule has 2 aliphatic rings. The van der Waals surface area contributed by atoms with E-state index < -0.39 is 17.3 Å².